The highest BCUT2D eigenvalue weighted by molar-refractivity contribution is 7.98. The Bertz CT molecular complexity index is 508. The lowest BCUT2D eigenvalue weighted by Crippen LogP contribution is -2.36. The van der Waals surface area contributed by atoms with Crippen LogP contribution in [0.3, 0.4) is 0 Å². The Balaban J connectivity index is 0.00000529. The number of hydrogen-bond acceptors (Lipinski definition) is 5. The number of carbonyl (C=O) groups is 1. The van der Waals surface area contributed by atoms with Gasteiger partial charge in [-0.25, -0.2) is 13.8 Å². The van der Waals surface area contributed by atoms with Gasteiger partial charge in [-0.2, -0.15) is 20.5 Å². The van der Waals surface area contributed by atoms with Gasteiger partial charge in [-0.15, -0.1) is 12.4 Å². The molecule has 1 aromatic rings. The van der Waals surface area contributed by atoms with Crippen molar-refractivity contribution in [1.29, 1.82) is 0 Å². The fraction of sp³-hybridized carbons (Fsp3) is 0.538. The standard InChI is InChI=1S/C13H17F4N3O2S.ClH/c1-23-5-4-9(18)11(21)20-8-2-3-10(19-6-8)22-7-13(16,17)12(14)15;/h2-3,6,9,12H,4-5,7,18H2,1H3,(H,20,21);1H/t9-;/m0./s1. The van der Waals surface area contributed by atoms with Crippen molar-refractivity contribution < 1.29 is 27.1 Å². The Morgan fingerprint density at radius 2 is 2.12 bits per heavy atom. The van der Waals surface area contributed by atoms with E-state index in [0.717, 1.165) is 11.9 Å². The molecule has 0 unspecified atom stereocenters. The van der Waals surface area contributed by atoms with E-state index < -0.39 is 30.9 Å². The van der Waals surface area contributed by atoms with Crippen LogP contribution < -0.4 is 15.8 Å². The van der Waals surface area contributed by atoms with Crippen LogP contribution in [0.2, 0.25) is 0 Å². The van der Waals surface area contributed by atoms with Crippen LogP contribution in [0.25, 0.3) is 0 Å². The molecule has 0 saturated heterocycles. The van der Waals surface area contributed by atoms with Crippen molar-refractivity contribution in [2.45, 2.75) is 24.8 Å². The van der Waals surface area contributed by atoms with E-state index in [1.807, 2.05) is 6.26 Å². The van der Waals surface area contributed by atoms with Gasteiger partial charge < -0.3 is 15.8 Å². The highest BCUT2D eigenvalue weighted by Gasteiger charge is 2.41. The summed E-state index contributed by atoms with van der Waals surface area (Å²) in [5.74, 6) is -4.18. The molecule has 1 aromatic heterocycles. The number of nitrogens with two attached hydrogens (primary N) is 1. The van der Waals surface area contributed by atoms with Gasteiger partial charge in [0.25, 0.3) is 0 Å². The van der Waals surface area contributed by atoms with Crippen LogP contribution in [0.1, 0.15) is 6.42 Å². The lowest BCUT2D eigenvalue weighted by Gasteiger charge is -2.15. The first-order valence-corrected chi connectivity index (χ1v) is 7.96. The summed E-state index contributed by atoms with van der Waals surface area (Å²) in [6, 6.07) is 1.86. The van der Waals surface area contributed by atoms with Crippen LogP contribution in [-0.4, -0.2) is 47.9 Å². The van der Waals surface area contributed by atoms with Gasteiger partial charge in [0, 0.05) is 6.07 Å². The Morgan fingerprint density at radius 3 is 2.62 bits per heavy atom. The lowest BCUT2D eigenvalue weighted by atomic mass is 10.2. The quantitative estimate of drug-likeness (QED) is 0.633. The molecule has 0 aromatic carbocycles. The van der Waals surface area contributed by atoms with Crippen molar-refractivity contribution in [3.8, 4) is 5.88 Å². The van der Waals surface area contributed by atoms with Crippen LogP contribution in [0.4, 0.5) is 23.2 Å². The molecule has 0 bridgehead atoms. The van der Waals surface area contributed by atoms with E-state index in [2.05, 4.69) is 15.0 Å². The molecule has 0 aliphatic rings. The van der Waals surface area contributed by atoms with Gasteiger partial charge in [0.15, 0.2) is 6.61 Å². The van der Waals surface area contributed by atoms with E-state index in [1.165, 1.54) is 12.1 Å². The van der Waals surface area contributed by atoms with Crippen LogP contribution >= 0.6 is 24.2 Å². The zero-order valence-corrected chi connectivity index (χ0v) is 14.3. The Morgan fingerprint density at radius 1 is 1.46 bits per heavy atom. The molecule has 0 spiro atoms. The molecular formula is C13H18ClF4N3O2S. The number of ether oxygens (including phenoxy) is 1. The SMILES string of the molecule is CSCC[C@H](N)C(=O)Nc1ccc(OCC(F)(F)C(F)F)nc1.Cl. The number of anilines is 1. The number of amides is 1. The average Bonchev–Trinajstić information content (AvgIpc) is 2.51. The van der Waals surface area contributed by atoms with Crippen molar-refractivity contribution in [3.63, 3.8) is 0 Å². The van der Waals surface area contributed by atoms with Gasteiger partial charge in [0.05, 0.1) is 17.9 Å². The van der Waals surface area contributed by atoms with Gasteiger partial charge >= 0.3 is 12.3 Å². The number of nitrogens with one attached hydrogen (secondary N) is 1. The highest BCUT2D eigenvalue weighted by Crippen LogP contribution is 2.24. The summed E-state index contributed by atoms with van der Waals surface area (Å²) in [4.78, 5) is 15.4. The number of thioether (sulfide) groups is 1. The van der Waals surface area contributed by atoms with Crippen LogP contribution in [0, 0.1) is 0 Å². The van der Waals surface area contributed by atoms with E-state index in [-0.39, 0.29) is 18.3 Å². The summed E-state index contributed by atoms with van der Waals surface area (Å²) >= 11 is 1.56. The third-order valence-corrected chi connectivity index (χ3v) is 3.35. The molecule has 138 valence electrons. The van der Waals surface area contributed by atoms with E-state index in [9.17, 15) is 22.4 Å². The maximum absolute atomic E-state index is 12.7. The number of pyridine rings is 1. The largest absolute Gasteiger partial charge is 0.471 e. The molecule has 0 fully saturated rings. The number of halogens is 5. The summed E-state index contributed by atoms with van der Waals surface area (Å²) in [7, 11) is 0. The van der Waals surface area contributed by atoms with Gasteiger partial charge in [0.2, 0.25) is 11.8 Å². The number of hydrogen-bond donors (Lipinski definition) is 2. The first-order valence-electron chi connectivity index (χ1n) is 6.56. The normalized spacial score (nSPS) is 12.5. The molecule has 0 saturated carbocycles. The van der Waals surface area contributed by atoms with Gasteiger partial charge in [-0.05, 0) is 24.5 Å². The second-order valence-electron chi connectivity index (χ2n) is 4.61. The maximum atomic E-state index is 12.7. The number of nitrogens with zero attached hydrogens (tertiary/aromatic N) is 1. The number of alkyl halides is 4. The molecule has 1 heterocycles. The molecule has 24 heavy (non-hydrogen) atoms. The van der Waals surface area contributed by atoms with Crippen LogP contribution in [0.5, 0.6) is 5.88 Å². The van der Waals surface area contributed by atoms with Gasteiger partial charge in [-0.1, -0.05) is 0 Å². The minimum absolute atomic E-state index is 0. The highest BCUT2D eigenvalue weighted by atomic mass is 35.5. The number of carbonyl (C=O) groups excluding carboxylic acids is 1. The fourth-order valence-electron chi connectivity index (χ4n) is 1.38. The predicted molar refractivity (Wildman–Crippen MR) is 87.5 cm³/mol. The summed E-state index contributed by atoms with van der Waals surface area (Å²) in [6.07, 6.45) is -0.256. The average molecular weight is 392 g/mol. The molecule has 1 atom stereocenters. The second kappa shape index (κ2) is 10.6. The molecule has 0 aliphatic carbocycles. The summed E-state index contributed by atoms with van der Waals surface area (Å²) in [5, 5.41) is 2.51. The smallest absolute Gasteiger partial charge is 0.340 e. The molecule has 11 heteroatoms. The van der Waals surface area contributed by atoms with Gasteiger partial charge in [-0.3, -0.25) is 4.79 Å². The van der Waals surface area contributed by atoms with Crippen LogP contribution in [0.15, 0.2) is 18.3 Å². The zero-order chi connectivity index (χ0) is 17.5. The zero-order valence-electron chi connectivity index (χ0n) is 12.7. The summed E-state index contributed by atoms with van der Waals surface area (Å²) in [6.45, 7) is -1.48. The fourth-order valence-corrected chi connectivity index (χ4v) is 1.87. The molecule has 0 aliphatic heterocycles. The lowest BCUT2D eigenvalue weighted by molar-refractivity contribution is -0.148. The summed E-state index contributed by atoms with van der Waals surface area (Å²) < 4.78 is 53.9. The van der Waals surface area contributed by atoms with Crippen molar-refractivity contribution in [2.24, 2.45) is 5.73 Å². The molecule has 0 radical (unpaired) electrons. The van der Waals surface area contributed by atoms with E-state index in [1.54, 1.807) is 11.8 Å². The molecule has 1 amide bonds. The Hall–Kier alpha value is -1.26. The van der Waals surface area contributed by atoms with Crippen molar-refractivity contribution in [2.75, 3.05) is 23.9 Å². The summed E-state index contributed by atoms with van der Waals surface area (Å²) in [5.41, 5.74) is 5.97. The van der Waals surface area contributed by atoms with E-state index in [0.29, 0.717) is 12.1 Å². The minimum Gasteiger partial charge on any atom is -0.471 e. The molecule has 1 rings (SSSR count). The van der Waals surface area contributed by atoms with Crippen molar-refractivity contribution in [1.82, 2.24) is 4.98 Å². The number of rotatable bonds is 9. The minimum atomic E-state index is -4.25. The molecule has 3 N–H and O–H groups in total. The third kappa shape index (κ3) is 7.54. The van der Waals surface area contributed by atoms with Gasteiger partial charge in [0.1, 0.15) is 0 Å². The molecule has 5 nitrogen and oxygen atoms in total. The second-order valence-corrected chi connectivity index (χ2v) is 5.60. The van der Waals surface area contributed by atoms with Crippen LogP contribution in [-0.2, 0) is 4.79 Å². The Kier molecular flexibility index (Phi) is 10.0. The predicted octanol–water partition coefficient (Wildman–Crippen LogP) is 2.80. The first kappa shape index (κ1) is 22.7. The topological polar surface area (TPSA) is 77.2 Å². The maximum Gasteiger partial charge on any atom is 0.340 e. The molecular weight excluding hydrogens is 374 g/mol. The monoisotopic (exact) mass is 391 g/mol. The Labute approximate surface area is 147 Å². The van der Waals surface area contributed by atoms with Crippen molar-refractivity contribution in [3.05, 3.63) is 18.3 Å². The third-order valence-electron chi connectivity index (χ3n) is 2.71. The van der Waals surface area contributed by atoms with E-state index >= 15 is 0 Å². The van der Waals surface area contributed by atoms with Crippen molar-refractivity contribution >= 4 is 35.8 Å². The first-order chi connectivity index (χ1) is 10.8. The van der Waals surface area contributed by atoms with E-state index in [4.69, 9.17) is 5.73 Å². The number of aromatic nitrogens is 1.